The minimum Gasteiger partial charge on any atom is -0.494 e. The molecule has 0 aliphatic rings. The third kappa shape index (κ3) is 2.71. The predicted octanol–water partition coefficient (Wildman–Crippen LogP) is 0.678. The molecule has 1 rings (SSSR count). The van der Waals surface area contributed by atoms with Crippen LogP contribution < -0.4 is 11.2 Å². The molecule has 0 aliphatic carbocycles. The van der Waals surface area contributed by atoms with Gasteiger partial charge in [-0.25, -0.2) is 4.79 Å². The predicted molar refractivity (Wildman–Crippen MR) is 57.1 cm³/mol. The van der Waals surface area contributed by atoms with Gasteiger partial charge < -0.3 is 5.11 Å². The molecule has 1 aromatic rings. The minimum absolute atomic E-state index is 0.268. The summed E-state index contributed by atoms with van der Waals surface area (Å²) in [4.78, 5) is 24.4. The van der Waals surface area contributed by atoms with E-state index in [-0.39, 0.29) is 5.88 Å². The van der Waals surface area contributed by atoms with Gasteiger partial charge in [-0.2, -0.15) is 0 Å². The van der Waals surface area contributed by atoms with Gasteiger partial charge in [0, 0.05) is 6.54 Å². The fourth-order valence-electron chi connectivity index (χ4n) is 1.49. The van der Waals surface area contributed by atoms with E-state index in [0.717, 1.165) is 18.9 Å². The summed E-state index contributed by atoms with van der Waals surface area (Å²) in [5.74, 6) is 0.0650. The van der Waals surface area contributed by atoms with E-state index in [1.54, 1.807) is 0 Å². The molecule has 0 atom stereocenters. The van der Waals surface area contributed by atoms with Gasteiger partial charge in [-0.05, 0) is 5.92 Å². The smallest absolute Gasteiger partial charge is 0.331 e. The van der Waals surface area contributed by atoms with Crippen molar-refractivity contribution in [3.05, 3.63) is 26.9 Å². The van der Waals surface area contributed by atoms with Crippen LogP contribution in [0.15, 0.2) is 15.7 Å². The standard InChI is InChI=1S/C10H16N2O3/c1-3-7(4-2)6-12-9(14)5-8(13)11-10(12)15/h5,7,14H,3-4,6H2,1-2H3,(H,11,13,15). The summed E-state index contributed by atoms with van der Waals surface area (Å²) >= 11 is 0. The van der Waals surface area contributed by atoms with Crippen LogP contribution in [0.1, 0.15) is 26.7 Å². The first-order chi connectivity index (χ1) is 7.08. The van der Waals surface area contributed by atoms with Gasteiger partial charge >= 0.3 is 5.69 Å². The van der Waals surface area contributed by atoms with E-state index in [2.05, 4.69) is 4.98 Å². The van der Waals surface area contributed by atoms with Gasteiger partial charge in [-0.1, -0.05) is 26.7 Å². The number of aromatic hydroxyl groups is 1. The molecule has 5 heteroatoms. The van der Waals surface area contributed by atoms with Gasteiger partial charge in [0.2, 0.25) is 5.88 Å². The highest BCUT2D eigenvalue weighted by Gasteiger charge is 2.09. The van der Waals surface area contributed by atoms with Crippen LogP contribution >= 0.6 is 0 Å². The van der Waals surface area contributed by atoms with Crippen molar-refractivity contribution in [2.45, 2.75) is 33.2 Å². The van der Waals surface area contributed by atoms with E-state index in [0.29, 0.717) is 12.5 Å². The van der Waals surface area contributed by atoms with E-state index in [4.69, 9.17) is 0 Å². The van der Waals surface area contributed by atoms with Gasteiger partial charge in [-0.3, -0.25) is 14.3 Å². The number of H-pyrrole nitrogens is 1. The molecule has 0 spiro atoms. The summed E-state index contributed by atoms with van der Waals surface area (Å²) in [6.45, 7) is 4.50. The molecule has 15 heavy (non-hydrogen) atoms. The largest absolute Gasteiger partial charge is 0.494 e. The van der Waals surface area contributed by atoms with E-state index in [9.17, 15) is 14.7 Å². The molecule has 84 valence electrons. The van der Waals surface area contributed by atoms with E-state index < -0.39 is 11.2 Å². The molecule has 2 N–H and O–H groups in total. The molecule has 5 nitrogen and oxygen atoms in total. The fraction of sp³-hybridized carbons (Fsp3) is 0.600. The van der Waals surface area contributed by atoms with Crippen LogP contribution in [-0.2, 0) is 6.54 Å². The Kier molecular flexibility index (Phi) is 3.71. The Balaban J connectivity index is 3.04. The highest BCUT2D eigenvalue weighted by molar-refractivity contribution is 5.05. The molecular formula is C10H16N2O3. The highest BCUT2D eigenvalue weighted by atomic mass is 16.3. The van der Waals surface area contributed by atoms with Gasteiger partial charge in [0.25, 0.3) is 5.56 Å². The fourth-order valence-corrected chi connectivity index (χ4v) is 1.49. The lowest BCUT2D eigenvalue weighted by molar-refractivity contribution is 0.346. The topological polar surface area (TPSA) is 75.1 Å². The summed E-state index contributed by atoms with van der Waals surface area (Å²) in [7, 11) is 0. The van der Waals surface area contributed by atoms with E-state index >= 15 is 0 Å². The summed E-state index contributed by atoms with van der Waals surface area (Å²) in [5.41, 5.74) is -1.12. The van der Waals surface area contributed by atoms with Crippen LogP contribution in [0.2, 0.25) is 0 Å². The normalized spacial score (nSPS) is 10.9. The second-order valence-corrected chi connectivity index (χ2v) is 3.59. The average Bonchev–Trinajstić information content (AvgIpc) is 2.17. The Morgan fingerprint density at radius 2 is 2.00 bits per heavy atom. The van der Waals surface area contributed by atoms with Crippen molar-refractivity contribution in [1.82, 2.24) is 9.55 Å². The van der Waals surface area contributed by atoms with Crippen molar-refractivity contribution in [1.29, 1.82) is 0 Å². The molecular weight excluding hydrogens is 196 g/mol. The maximum atomic E-state index is 11.4. The second kappa shape index (κ2) is 4.82. The van der Waals surface area contributed by atoms with Crippen molar-refractivity contribution in [2.24, 2.45) is 5.92 Å². The first-order valence-corrected chi connectivity index (χ1v) is 5.11. The van der Waals surface area contributed by atoms with Gasteiger partial charge in [0.05, 0.1) is 6.07 Å². The molecule has 0 amide bonds. The van der Waals surface area contributed by atoms with Crippen LogP contribution in [0.25, 0.3) is 0 Å². The van der Waals surface area contributed by atoms with Crippen molar-refractivity contribution in [3.63, 3.8) is 0 Å². The van der Waals surface area contributed by atoms with Crippen molar-refractivity contribution in [2.75, 3.05) is 0 Å². The molecule has 0 aromatic carbocycles. The monoisotopic (exact) mass is 212 g/mol. The van der Waals surface area contributed by atoms with Crippen molar-refractivity contribution >= 4 is 0 Å². The quantitative estimate of drug-likeness (QED) is 0.770. The molecule has 0 radical (unpaired) electrons. The summed E-state index contributed by atoms with van der Waals surface area (Å²) in [6, 6.07) is 1.02. The number of aromatic amines is 1. The van der Waals surface area contributed by atoms with Gasteiger partial charge in [0.1, 0.15) is 0 Å². The van der Waals surface area contributed by atoms with E-state index in [1.165, 1.54) is 4.57 Å². The van der Waals surface area contributed by atoms with Crippen molar-refractivity contribution in [3.8, 4) is 5.88 Å². The van der Waals surface area contributed by atoms with Crippen LogP contribution in [0.4, 0.5) is 0 Å². The molecule has 0 saturated carbocycles. The lowest BCUT2D eigenvalue weighted by atomic mass is 10.0. The van der Waals surface area contributed by atoms with E-state index in [1.807, 2.05) is 13.8 Å². The van der Waals surface area contributed by atoms with Crippen LogP contribution in [-0.4, -0.2) is 14.7 Å². The molecule has 0 bridgehead atoms. The zero-order valence-corrected chi connectivity index (χ0v) is 8.99. The number of nitrogens with zero attached hydrogens (tertiary/aromatic N) is 1. The maximum Gasteiger partial charge on any atom is 0.331 e. The van der Waals surface area contributed by atoms with Crippen molar-refractivity contribution < 1.29 is 5.11 Å². The number of aromatic nitrogens is 2. The van der Waals surface area contributed by atoms with Crippen LogP contribution in [0.5, 0.6) is 5.88 Å². The number of rotatable bonds is 4. The Morgan fingerprint density at radius 1 is 1.40 bits per heavy atom. The third-order valence-corrected chi connectivity index (χ3v) is 2.61. The minimum atomic E-state index is -0.571. The SMILES string of the molecule is CCC(CC)Cn1c(O)cc(=O)[nH]c1=O. The Labute approximate surface area is 87.4 Å². The molecule has 0 saturated heterocycles. The maximum absolute atomic E-state index is 11.4. The lowest BCUT2D eigenvalue weighted by Gasteiger charge is -2.14. The second-order valence-electron chi connectivity index (χ2n) is 3.59. The zero-order valence-electron chi connectivity index (χ0n) is 8.99. The molecule has 0 fully saturated rings. The van der Waals surface area contributed by atoms with Gasteiger partial charge in [0.15, 0.2) is 0 Å². The third-order valence-electron chi connectivity index (χ3n) is 2.61. The van der Waals surface area contributed by atoms with Crippen LogP contribution in [0, 0.1) is 5.92 Å². The summed E-state index contributed by atoms with van der Waals surface area (Å²) in [5, 5.41) is 9.46. The van der Waals surface area contributed by atoms with Gasteiger partial charge in [-0.15, -0.1) is 0 Å². The molecule has 0 unspecified atom stereocenters. The number of hydrogen-bond donors (Lipinski definition) is 2. The number of nitrogens with one attached hydrogen (secondary N) is 1. The molecule has 1 aromatic heterocycles. The zero-order chi connectivity index (χ0) is 11.4. The Morgan fingerprint density at radius 3 is 2.47 bits per heavy atom. The summed E-state index contributed by atoms with van der Waals surface area (Å²) in [6.07, 6.45) is 1.86. The average molecular weight is 212 g/mol. The Hall–Kier alpha value is -1.52. The van der Waals surface area contributed by atoms with Crippen LogP contribution in [0.3, 0.4) is 0 Å². The lowest BCUT2D eigenvalue weighted by Crippen LogP contribution is -2.31. The Bertz CT molecular complexity index is 429. The highest BCUT2D eigenvalue weighted by Crippen LogP contribution is 2.12. The first kappa shape index (κ1) is 11.6. The molecule has 0 aliphatic heterocycles. The molecule has 1 heterocycles. The first-order valence-electron chi connectivity index (χ1n) is 5.11. The number of hydrogen-bond acceptors (Lipinski definition) is 3. The summed E-state index contributed by atoms with van der Waals surface area (Å²) < 4.78 is 1.19.